The molecule has 0 unspecified atom stereocenters. The molecule has 0 aliphatic heterocycles. The summed E-state index contributed by atoms with van der Waals surface area (Å²) < 4.78 is 0. The van der Waals surface area contributed by atoms with E-state index in [1.54, 1.807) is 0 Å². The molecule has 0 radical (unpaired) electrons. The molecule has 146 heavy (non-hydrogen) atoms. The first-order valence-electron chi connectivity index (χ1n) is 51.5. The lowest BCUT2D eigenvalue weighted by atomic mass is 9.84. The van der Waals surface area contributed by atoms with E-state index in [4.69, 9.17) is 0 Å². The van der Waals surface area contributed by atoms with Gasteiger partial charge in [0, 0.05) is 0 Å². The summed E-state index contributed by atoms with van der Waals surface area (Å²) in [5.74, 6) is 0. The van der Waals surface area contributed by atoms with E-state index in [0.29, 0.717) is 0 Å². The summed E-state index contributed by atoms with van der Waals surface area (Å²) in [6, 6.07) is 170. The number of hydrogen-bond acceptors (Lipinski definition) is 0. The van der Waals surface area contributed by atoms with Gasteiger partial charge in [-0.15, -0.1) is 0 Å². The van der Waals surface area contributed by atoms with E-state index in [9.17, 15) is 0 Å². The van der Waals surface area contributed by atoms with Crippen LogP contribution in [0.4, 0.5) is 0 Å². The Balaban J connectivity index is 0.635. The topological polar surface area (TPSA) is 0 Å². The van der Waals surface area contributed by atoms with Gasteiger partial charge in [0.2, 0.25) is 0 Å². The molecule has 0 saturated carbocycles. The molecule has 28 rings (SSSR count). The van der Waals surface area contributed by atoms with Gasteiger partial charge in [0.25, 0.3) is 0 Å². The Kier molecular flexibility index (Phi) is 19.8. The highest BCUT2D eigenvalue weighted by atomic mass is 14.3. The zero-order valence-corrected chi connectivity index (χ0v) is 83.6. The Morgan fingerprint density at radius 3 is 0.384 bits per heavy atom. The zero-order chi connectivity index (χ0) is 97.9. The fraction of sp³-hybridized carbons (Fsp3) is 0.0685. The third-order valence-electron chi connectivity index (χ3n) is 31.9. The Morgan fingerprint density at radius 1 is 0.0822 bits per heavy atom. The molecule has 0 amide bonds. The van der Waals surface area contributed by atoms with Crippen LogP contribution >= 0.6 is 0 Å². The number of aryl methyl sites for hydroxylation is 10. The normalized spacial score (nSPS) is 12.0. The minimum atomic E-state index is 1.16. The van der Waals surface area contributed by atoms with Crippen molar-refractivity contribution >= 4 is 172 Å². The SMILES string of the molecule is Cc1cc(C)cc(-c2ccc(-c3c4c(ccc5ccc(C)cc54)cc4ccc5ccc(-c6ccc7ccc8cc9ccc%10ccc(-c%11ccc%12ccc%13cc%14ccc%15ccc(-c%16ccc%17ccc%18cc%19ccc%20ccc(C)cc%20c%19c(-c%19ccc(-c%20cc(C)cc(C)c%20)cc%19)c%18c%17c%16)cc%15c%14c(-c%14ccc(-c%15cc(C)cc(C)c%15)cc%14)c%13c%12c%11)cc%10c9c(-c9ccc(-c%10cc(C)cc(C)c%10)cc9)c8c7c6)cc5c34)cc2)c1. The van der Waals surface area contributed by atoms with E-state index in [2.05, 4.69) is 506 Å². The van der Waals surface area contributed by atoms with Crippen molar-refractivity contribution in [3.05, 3.63) is 492 Å². The Morgan fingerprint density at radius 2 is 0.212 bits per heavy atom. The Labute approximate surface area is 850 Å². The fourth-order valence-corrected chi connectivity index (χ4v) is 25.4. The summed E-state index contributed by atoms with van der Waals surface area (Å²) in [6.45, 7) is 22.1. The van der Waals surface area contributed by atoms with Crippen LogP contribution < -0.4 is 0 Å². The summed E-state index contributed by atoms with van der Waals surface area (Å²) in [5.41, 5.74) is 39.1. The Hall–Kier alpha value is -17.7. The molecule has 0 bridgehead atoms. The molecule has 0 aliphatic rings. The van der Waals surface area contributed by atoms with Gasteiger partial charge in [0.1, 0.15) is 0 Å². The number of hydrogen-bond donors (Lipinski definition) is 0. The smallest absolute Gasteiger partial charge is 0.00143 e. The molecule has 0 aliphatic carbocycles. The van der Waals surface area contributed by atoms with Gasteiger partial charge >= 0.3 is 0 Å². The van der Waals surface area contributed by atoms with Crippen molar-refractivity contribution in [1.29, 1.82) is 0 Å². The van der Waals surface area contributed by atoms with Gasteiger partial charge in [-0.2, -0.15) is 0 Å². The quantitative estimate of drug-likeness (QED) is 0.0894. The molecule has 0 N–H and O–H groups in total. The van der Waals surface area contributed by atoms with Crippen molar-refractivity contribution in [1.82, 2.24) is 0 Å². The van der Waals surface area contributed by atoms with Gasteiger partial charge in [-0.25, -0.2) is 0 Å². The number of fused-ring (bicyclic) bond motifs is 24. The monoisotopic (exact) mass is 1850 g/mol. The van der Waals surface area contributed by atoms with E-state index in [-0.39, 0.29) is 0 Å². The van der Waals surface area contributed by atoms with Crippen LogP contribution in [0.25, 0.3) is 295 Å². The molecule has 0 atom stereocenters. The highest BCUT2D eigenvalue weighted by Gasteiger charge is 2.26. The standard InChI is InChI=1S/C146H102/c1-83-11-13-97-29-51-115-73-117-53-31-99-23-45-109(77-129(99)137(117)143(135(115)127(97)71-83)105-37-15-93(16-38-105)123-63-85(3)59-86(4)64-123)111-47-25-101-33-55-119-75-121-57-35-103-27-49-113(81-133(103)141(121)145(139(119)131(101)79-111)107-41-19-95(20-42-107)125-67-89(7)61-90(8)68-125)114-50-28-104-36-58-122-76-120-56-34-102-26-48-112(80-132(102)140(120)146(142(122)134(104)82-114)108-43-21-96(22-44-108)126-69-91(9)62-92(10)70-126)110-46-24-100-32-54-118-74-116-52-30-98-14-12-84(2)72-128(98)136(116)144(138(118)130(100)78-110)106-39-17-94(18-40-106)124-65-87(5)60-88(6)66-124/h11-82H,1-10H3. The molecule has 0 heteroatoms. The van der Waals surface area contributed by atoms with Crippen molar-refractivity contribution in [2.75, 3.05) is 0 Å². The van der Waals surface area contributed by atoms with Crippen molar-refractivity contribution < 1.29 is 0 Å². The number of rotatable bonds is 11. The van der Waals surface area contributed by atoms with Crippen LogP contribution in [0.15, 0.2) is 437 Å². The largest absolute Gasteiger partial charge is 0.0587 e. The maximum Gasteiger partial charge on any atom is -0.00143 e. The maximum atomic E-state index is 2.52. The molecule has 0 aromatic heterocycles. The van der Waals surface area contributed by atoms with Gasteiger partial charge in [-0.1, -0.05) is 432 Å². The summed E-state index contributed by atoms with van der Waals surface area (Å²) in [5, 5.41) is 39.3. The molecular weight excluding hydrogens is 1750 g/mol. The first-order chi connectivity index (χ1) is 71.3. The van der Waals surface area contributed by atoms with Crippen LogP contribution in [0.2, 0.25) is 0 Å². The van der Waals surface area contributed by atoms with Crippen molar-refractivity contribution in [3.8, 4) is 122 Å². The third kappa shape index (κ3) is 14.5. The maximum absolute atomic E-state index is 2.52. The van der Waals surface area contributed by atoms with E-state index >= 15 is 0 Å². The summed E-state index contributed by atoms with van der Waals surface area (Å²) >= 11 is 0. The highest BCUT2D eigenvalue weighted by Crippen LogP contribution is 2.53. The van der Waals surface area contributed by atoms with E-state index < -0.39 is 0 Å². The molecule has 0 fully saturated rings. The van der Waals surface area contributed by atoms with E-state index in [1.165, 1.54) is 339 Å². The van der Waals surface area contributed by atoms with Crippen LogP contribution in [-0.4, -0.2) is 0 Å². The van der Waals surface area contributed by atoms with Gasteiger partial charge in [-0.3, -0.25) is 0 Å². The lowest BCUT2D eigenvalue weighted by molar-refractivity contribution is 1.38. The molecular formula is C146H102. The zero-order valence-electron chi connectivity index (χ0n) is 83.6. The molecule has 686 valence electrons. The first-order valence-corrected chi connectivity index (χ1v) is 51.5. The van der Waals surface area contributed by atoms with Gasteiger partial charge in [-0.05, 0) is 425 Å². The summed E-state index contributed by atoms with van der Waals surface area (Å²) in [6.07, 6.45) is 0. The minimum absolute atomic E-state index is 1.16. The van der Waals surface area contributed by atoms with E-state index in [1.807, 2.05) is 0 Å². The molecule has 0 heterocycles. The first kappa shape index (κ1) is 86.2. The second kappa shape index (κ2) is 33.5. The molecule has 28 aromatic rings. The average Bonchev–Trinajstić information content (AvgIpc) is 0.730. The van der Waals surface area contributed by atoms with Crippen LogP contribution in [0.3, 0.4) is 0 Å². The minimum Gasteiger partial charge on any atom is -0.0587 e. The lowest BCUT2D eigenvalue weighted by Crippen LogP contribution is -1.92. The third-order valence-corrected chi connectivity index (χ3v) is 31.9. The van der Waals surface area contributed by atoms with Crippen LogP contribution in [-0.2, 0) is 0 Å². The molecule has 28 aromatic carbocycles. The Bertz CT molecular complexity index is 9880. The molecule has 0 spiro atoms. The average molecular weight is 1860 g/mol. The molecule has 0 nitrogen and oxygen atoms in total. The lowest BCUT2D eigenvalue weighted by Gasteiger charge is -2.19. The predicted molar refractivity (Wildman–Crippen MR) is 634 cm³/mol. The summed E-state index contributed by atoms with van der Waals surface area (Å²) in [4.78, 5) is 0. The van der Waals surface area contributed by atoms with Crippen LogP contribution in [0, 0.1) is 69.2 Å². The van der Waals surface area contributed by atoms with Crippen molar-refractivity contribution in [3.63, 3.8) is 0 Å². The van der Waals surface area contributed by atoms with Gasteiger partial charge < -0.3 is 0 Å². The number of benzene rings is 28. The van der Waals surface area contributed by atoms with Gasteiger partial charge in [0.05, 0.1) is 0 Å². The predicted octanol–water partition coefficient (Wildman–Crippen LogP) is 41.6. The molecule has 0 saturated heterocycles. The summed E-state index contributed by atoms with van der Waals surface area (Å²) in [7, 11) is 0. The van der Waals surface area contributed by atoms with Crippen molar-refractivity contribution in [2.24, 2.45) is 0 Å². The van der Waals surface area contributed by atoms with Crippen LogP contribution in [0.5, 0.6) is 0 Å². The fourth-order valence-electron chi connectivity index (χ4n) is 25.4. The second-order valence-electron chi connectivity index (χ2n) is 42.2. The van der Waals surface area contributed by atoms with E-state index in [0.717, 1.165) is 11.1 Å². The van der Waals surface area contributed by atoms with Crippen molar-refractivity contribution in [2.45, 2.75) is 69.2 Å². The van der Waals surface area contributed by atoms with Crippen LogP contribution in [0.1, 0.15) is 55.6 Å². The van der Waals surface area contributed by atoms with Gasteiger partial charge in [0.15, 0.2) is 0 Å². The second-order valence-corrected chi connectivity index (χ2v) is 42.2. The highest BCUT2D eigenvalue weighted by molar-refractivity contribution is 6.33.